The molecule has 1 aromatic carbocycles. The maximum atomic E-state index is 13.8. The van der Waals surface area contributed by atoms with Crippen LogP contribution in [-0.2, 0) is 4.79 Å². The van der Waals surface area contributed by atoms with Gasteiger partial charge in [0.1, 0.15) is 17.9 Å². The fourth-order valence-corrected chi connectivity index (χ4v) is 2.20. The van der Waals surface area contributed by atoms with E-state index in [9.17, 15) is 14.0 Å². The molecule has 1 aliphatic rings. The average Bonchev–Trinajstić information content (AvgIpc) is 2.63. The zero-order chi connectivity index (χ0) is 14.2. The number of carboxylic acids is 1. The number of nitrogens with zero attached hydrogens (tertiary/aromatic N) is 1. The number of Topliss-reactive ketones (excluding diaryl/α,β-unsaturated/α-hetero) is 1. The third-order valence-corrected chi connectivity index (χ3v) is 2.99. The molecule has 19 heavy (non-hydrogen) atoms. The van der Waals surface area contributed by atoms with Gasteiger partial charge in [0.05, 0.1) is 5.69 Å². The van der Waals surface area contributed by atoms with Gasteiger partial charge in [-0.25, -0.2) is 9.18 Å². The molecule has 0 bridgehead atoms. The fraction of sp³-hybridized carbons (Fsp3) is 0.308. The van der Waals surface area contributed by atoms with E-state index < -0.39 is 17.6 Å². The normalized spacial score (nSPS) is 13.7. The molecule has 0 aliphatic carbocycles. The van der Waals surface area contributed by atoms with E-state index in [-0.39, 0.29) is 17.0 Å². The lowest BCUT2D eigenvalue weighted by Crippen LogP contribution is -2.27. The number of hydrogen-bond donors (Lipinski definition) is 2. The first kappa shape index (κ1) is 13.2. The van der Waals surface area contributed by atoms with E-state index in [1.807, 2.05) is 6.92 Å². The minimum absolute atomic E-state index is 0.0957. The van der Waals surface area contributed by atoms with Crippen LogP contribution in [0, 0.1) is 5.82 Å². The van der Waals surface area contributed by atoms with E-state index in [1.54, 1.807) is 6.92 Å². The molecule has 1 aromatic rings. The van der Waals surface area contributed by atoms with E-state index in [0.717, 1.165) is 6.07 Å². The molecule has 0 atom stereocenters. The molecule has 0 fully saturated rings. The van der Waals surface area contributed by atoms with Gasteiger partial charge in [0.15, 0.2) is 0 Å². The van der Waals surface area contributed by atoms with Crippen molar-refractivity contribution in [3.63, 3.8) is 0 Å². The third-order valence-electron chi connectivity index (χ3n) is 2.99. The fourth-order valence-electron chi connectivity index (χ4n) is 2.20. The summed E-state index contributed by atoms with van der Waals surface area (Å²) in [6.07, 6.45) is 0. The van der Waals surface area contributed by atoms with Gasteiger partial charge >= 0.3 is 11.7 Å². The van der Waals surface area contributed by atoms with Crippen LogP contribution in [0.5, 0.6) is 0 Å². The zero-order valence-corrected chi connectivity index (χ0v) is 10.7. The number of fused-ring (bicyclic) bond motifs is 1. The molecule has 2 N–H and O–H groups in total. The molecule has 0 amide bonds. The molecule has 0 unspecified atom stereocenters. The number of rotatable bonds is 4. The van der Waals surface area contributed by atoms with Crippen LogP contribution in [0.15, 0.2) is 12.1 Å². The molecule has 0 saturated carbocycles. The van der Waals surface area contributed by atoms with Crippen LogP contribution in [0.2, 0.25) is 0 Å². The number of halogens is 1. The zero-order valence-electron chi connectivity index (χ0n) is 10.7. The minimum Gasteiger partial charge on any atom is -0.473 e. The summed E-state index contributed by atoms with van der Waals surface area (Å²) in [5.74, 6) is -2.50. The van der Waals surface area contributed by atoms with Crippen molar-refractivity contribution in [1.82, 2.24) is 0 Å². The second-order valence-electron chi connectivity index (χ2n) is 4.11. The van der Waals surface area contributed by atoms with E-state index >= 15 is 0 Å². The number of hydrogen-bond acceptors (Lipinski definition) is 3. The molecule has 0 radical (unpaired) electrons. The first-order chi connectivity index (χ1) is 9.01. The van der Waals surface area contributed by atoms with Crippen LogP contribution in [-0.4, -0.2) is 40.2 Å². The van der Waals surface area contributed by atoms with Gasteiger partial charge < -0.3 is 10.4 Å². The maximum Gasteiger partial charge on any atom is 0.405 e. The van der Waals surface area contributed by atoms with Gasteiger partial charge in [0, 0.05) is 12.6 Å². The highest BCUT2D eigenvalue weighted by Gasteiger charge is 2.42. The van der Waals surface area contributed by atoms with Crippen molar-refractivity contribution in [3.8, 4) is 0 Å². The van der Waals surface area contributed by atoms with Gasteiger partial charge in [0.25, 0.3) is 5.78 Å². The van der Waals surface area contributed by atoms with Gasteiger partial charge in [-0.1, -0.05) is 0 Å². The van der Waals surface area contributed by atoms with Gasteiger partial charge in [0.2, 0.25) is 5.69 Å². The minimum atomic E-state index is -1.30. The van der Waals surface area contributed by atoms with Crippen LogP contribution < -0.4 is 5.32 Å². The van der Waals surface area contributed by atoms with E-state index in [0.29, 0.717) is 18.8 Å². The molecular weight excluding hydrogens is 251 g/mol. The summed E-state index contributed by atoms with van der Waals surface area (Å²) in [4.78, 5) is 23.1. The highest BCUT2D eigenvalue weighted by Crippen LogP contribution is 2.31. The first-order valence-electron chi connectivity index (χ1n) is 6.01. The highest BCUT2D eigenvalue weighted by molar-refractivity contribution is 6.67. The molecular formula is C13H14FN2O3+. The second kappa shape index (κ2) is 4.79. The lowest BCUT2D eigenvalue weighted by Gasteiger charge is -2.05. The number of carboxylic acid groups (broad SMARTS) is 1. The summed E-state index contributed by atoms with van der Waals surface area (Å²) in [5.41, 5.74) is 0.463. The van der Waals surface area contributed by atoms with Crippen LogP contribution >= 0.6 is 0 Å². The van der Waals surface area contributed by atoms with E-state index in [1.165, 1.54) is 10.6 Å². The van der Waals surface area contributed by atoms with Gasteiger partial charge in [-0.2, -0.15) is 4.58 Å². The molecule has 0 saturated heterocycles. The van der Waals surface area contributed by atoms with Crippen molar-refractivity contribution in [1.29, 1.82) is 0 Å². The Morgan fingerprint density at radius 3 is 2.63 bits per heavy atom. The molecule has 5 nitrogen and oxygen atoms in total. The Kier molecular flexibility index (Phi) is 3.33. The number of nitrogens with one attached hydrogen (secondary N) is 1. The molecule has 1 heterocycles. The summed E-state index contributed by atoms with van der Waals surface area (Å²) in [5, 5.41) is 11.9. The lowest BCUT2D eigenvalue weighted by molar-refractivity contribution is -0.431. The third kappa shape index (κ3) is 1.99. The number of benzene rings is 1. The predicted octanol–water partition coefficient (Wildman–Crippen LogP) is 1.64. The quantitative estimate of drug-likeness (QED) is 0.812. The molecule has 2 rings (SSSR count). The Morgan fingerprint density at radius 2 is 2.11 bits per heavy atom. The molecule has 0 aromatic heterocycles. The average molecular weight is 265 g/mol. The van der Waals surface area contributed by atoms with Crippen molar-refractivity contribution < 1.29 is 23.7 Å². The van der Waals surface area contributed by atoms with Crippen molar-refractivity contribution in [2.45, 2.75) is 13.8 Å². The number of carbonyl (C=O) groups is 2. The number of anilines is 1. The monoisotopic (exact) mass is 265 g/mol. The summed E-state index contributed by atoms with van der Waals surface area (Å²) in [6, 6.07) is 2.57. The molecule has 0 spiro atoms. The topological polar surface area (TPSA) is 69.4 Å². The Morgan fingerprint density at radius 1 is 1.42 bits per heavy atom. The van der Waals surface area contributed by atoms with Crippen LogP contribution in [0.4, 0.5) is 15.8 Å². The van der Waals surface area contributed by atoms with Gasteiger partial charge in [-0.05, 0) is 19.9 Å². The van der Waals surface area contributed by atoms with Crippen molar-refractivity contribution in [2.75, 3.05) is 18.4 Å². The number of carbonyl (C=O) groups excluding carboxylic acids is 1. The van der Waals surface area contributed by atoms with Crippen molar-refractivity contribution >= 4 is 28.8 Å². The largest absolute Gasteiger partial charge is 0.473 e. The Hall–Kier alpha value is -2.24. The number of aliphatic carboxylic acids is 1. The Labute approximate surface area is 109 Å². The summed E-state index contributed by atoms with van der Waals surface area (Å²) < 4.78 is 15.2. The van der Waals surface area contributed by atoms with Crippen molar-refractivity contribution in [3.05, 3.63) is 23.5 Å². The summed E-state index contributed by atoms with van der Waals surface area (Å²) in [7, 11) is 0. The number of ketones is 1. The SMILES string of the molecule is CCNc1cc2c(cc1F)C(=O)C(C(=O)O)=[N+]2CC. The lowest BCUT2D eigenvalue weighted by atomic mass is 10.1. The van der Waals surface area contributed by atoms with E-state index in [2.05, 4.69) is 5.32 Å². The van der Waals surface area contributed by atoms with E-state index in [4.69, 9.17) is 5.11 Å². The van der Waals surface area contributed by atoms with Crippen LogP contribution in [0.3, 0.4) is 0 Å². The van der Waals surface area contributed by atoms with Crippen LogP contribution in [0.1, 0.15) is 24.2 Å². The van der Waals surface area contributed by atoms with Crippen LogP contribution in [0.25, 0.3) is 0 Å². The molecule has 6 heteroatoms. The smallest absolute Gasteiger partial charge is 0.405 e. The predicted molar refractivity (Wildman–Crippen MR) is 68.0 cm³/mol. The van der Waals surface area contributed by atoms with Gasteiger partial charge in [-0.15, -0.1) is 0 Å². The highest BCUT2D eigenvalue weighted by atomic mass is 19.1. The van der Waals surface area contributed by atoms with Crippen molar-refractivity contribution in [2.24, 2.45) is 0 Å². The standard InChI is InChI=1S/C13H13FN2O3/c1-3-15-9-6-10-7(5-8(9)14)12(17)11(13(18)19)16(10)4-2/h5-6H,3-4H2,1-2H3,(H-,15,17,18,19)/p+1. The molecule has 100 valence electrons. The second-order valence-corrected chi connectivity index (χ2v) is 4.11. The Balaban J connectivity index is 2.65. The molecule has 1 aliphatic heterocycles. The maximum absolute atomic E-state index is 13.8. The summed E-state index contributed by atoms with van der Waals surface area (Å²) in [6.45, 7) is 4.43. The van der Waals surface area contributed by atoms with Gasteiger partial charge in [-0.3, -0.25) is 4.79 Å². The summed E-state index contributed by atoms with van der Waals surface area (Å²) >= 11 is 0. The Bertz CT molecular complexity index is 608. The first-order valence-corrected chi connectivity index (χ1v) is 6.01.